The number of aryl methyl sites for hydroxylation is 3. The molecule has 6 heteroatoms. The molecule has 4 amide bonds. The second kappa shape index (κ2) is 7.59. The van der Waals surface area contributed by atoms with Gasteiger partial charge in [-0.1, -0.05) is 41.5 Å². The molecule has 6 nitrogen and oxygen atoms in total. The normalized spacial score (nSPS) is 18.1. The summed E-state index contributed by atoms with van der Waals surface area (Å²) in [5.41, 5.74) is 3.92. The van der Waals surface area contributed by atoms with E-state index in [4.69, 9.17) is 0 Å². The summed E-state index contributed by atoms with van der Waals surface area (Å²) in [7, 11) is 0. The number of urea groups is 1. The zero-order chi connectivity index (χ0) is 21.5. The Balaban J connectivity index is 1.46. The number of nitrogens with zero attached hydrogens (tertiary/aromatic N) is 2. The molecule has 0 bridgehead atoms. The number of likely N-dealkylation sites (tertiary alicyclic amines) is 1. The quantitative estimate of drug-likeness (QED) is 0.797. The monoisotopic (exact) mass is 405 g/mol. The number of rotatable bonds is 3. The average Bonchev–Trinajstić information content (AvgIpc) is 2.95. The third-order valence-electron chi connectivity index (χ3n) is 6.25. The Bertz CT molecular complexity index is 1020. The molecule has 1 spiro atoms. The summed E-state index contributed by atoms with van der Waals surface area (Å²) >= 11 is 0. The average molecular weight is 405 g/mol. The maximum atomic E-state index is 13.2. The Labute approximate surface area is 176 Å². The van der Waals surface area contributed by atoms with Gasteiger partial charge in [-0.15, -0.1) is 0 Å². The van der Waals surface area contributed by atoms with Crippen molar-refractivity contribution in [2.24, 2.45) is 0 Å². The molecule has 2 aliphatic heterocycles. The van der Waals surface area contributed by atoms with Crippen LogP contribution in [0.4, 0.5) is 4.79 Å². The highest BCUT2D eigenvalue weighted by Gasteiger charge is 2.52. The highest BCUT2D eigenvalue weighted by molar-refractivity contribution is 6.07. The van der Waals surface area contributed by atoms with E-state index in [1.807, 2.05) is 63.2 Å². The predicted octanol–water partition coefficient (Wildman–Crippen LogP) is 3.34. The van der Waals surface area contributed by atoms with Crippen molar-refractivity contribution in [3.05, 3.63) is 70.3 Å². The minimum Gasteiger partial charge on any atom is -0.338 e. The van der Waals surface area contributed by atoms with E-state index in [0.29, 0.717) is 31.5 Å². The van der Waals surface area contributed by atoms with Gasteiger partial charge in [0.1, 0.15) is 5.54 Å². The van der Waals surface area contributed by atoms with Crippen LogP contribution in [0, 0.1) is 20.8 Å². The molecule has 0 aliphatic carbocycles. The fourth-order valence-electron chi connectivity index (χ4n) is 4.35. The van der Waals surface area contributed by atoms with Crippen LogP contribution in [0.1, 0.15) is 45.5 Å². The third kappa shape index (κ3) is 3.58. The molecule has 2 fully saturated rings. The molecule has 30 heavy (non-hydrogen) atoms. The zero-order valence-corrected chi connectivity index (χ0v) is 17.7. The first-order valence-corrected chi connectivity index (χ1v) is 10.4. The first-order valence-electron chi connectivity index (χ1n) is 10.4. The Hall–Kier alpha value is -3.15. The Kier molecular flexibility index (Phi) is 5.10. The molecule has 2 aromatic rings. The number of carbonyl (C=O) groups is 3. The second-order valence-corrected chi connectivity index (χ2v) is 8.50. The highest BCUT2D eigenvalue weighted by Crippen LogP contribution is 2.31. The van der Waals surface area contributed by atoms with Crippen molar-refractivity contribution in [3.8, 4) is 0 Å². The van der Waals surface area contributed by atoms with Crippen LogP contribution in [-0.2, 0) is 11.3 Å². The minimum atomic E-state index is -0.905. The summed E-state index contributed by atoms with van der Waals surface area (Å²) in [6.07, 6.45) is 0.858. The van der Waals surface area contributed by atoms with Crippen molar-refractivity contribution in [3.63, 3.8) is 0 Å². The number of hydrogen-bond donors (Lipinski definition) is 1. The van der Waals surface area contributed by atoms with E-state index in [-0.39, 0.29) is 24.4 Å². The standard InChI is InChI=1S/C24H27N3O3/c1-16-5-4-6-19(13-16)21(28)26-11-9-24(10-12-26)22(29)27(23(30)25-24)15-20-14-17(2)7-8-18(20)3/h4-8,13-14H,9-12,15H2,1-3H3,(H,25,30). The van der Waals surface area contributed by atoms with Crippen molar-refractivity contribution in [1.29, 1.82) is 0 Å². The molecule has 0 saturated carbocycles. The summed E-state index contributed by atoms with van der Waals surface area (Å²) in [5, 5.41) is 2.93. The summed E-state index contributed by atoms with van der Waals surface area (Å²) < 4.78 is 0. The van der Waals surface area contributed by atoms with Crippen LogP contribution in [0.15, 0.2) is 42.5 Å². The molecule has 0 radical (unpaired) electrons. The summed E-state index contributed by atoms with van der Waals surface area (Å²) in [5.74, 6) is -0.214. The van der Waals surface area contributed by atoms with E-state index in [0.717, 1.165) is 22.3 Å². The number of imide groups is 1. The zero-order valence-electron chi connectivity index (χ0n) is 17.7. The number of carbonyl (C=O) groups excluding carboxylic acids is 3. The molecule has 2 heterocycles. The van der Waals surface area contributed by atoms with E-state index >= 15 is 0 Å². The van der Waals surface area contributed by atoms with Crippen molar-refractivity contribution < 1.29 is 14.4 Å². The van der Waals surface area contributed by atoms with Gasteiger partial charge in [0.05, 0.1) is 6.54 Å². The lowest BCUT2D eigenvalue weighted by molar-refractivity contribution is -0.133. The van der Waals surface area contributed by atoms with Crippen LogP contribution in [0.2, 0.25) is 0 Å². The number of piperidine rings is 1. The van der Waals surface area contributed by atoms with Crippen LogP contribution in [0.25, 0.3) is 0 Å². The van der Waals surface area contributed by atoms with Crippen LogP contribution in [0.5, 0.6) is 0 Å². The van der Waals surface area contributed by atoms with Crippen LogP contribution < -0.4 is 5.32 Å². The molecule has 2 aromatic carbocycles. The fourth-order valence-corrected chi connectivity index (χ4v) is 4.35. The highest BCUT2D eigenvalue weighted by atomic mass is 16.2. The van der Waals surface area contributed by atoms with E-state index < -0.39 is 5.54 Å². The largest absolute Gasteiger partial charge is 0.338 e. The lowest BCUT2D eigenvalue weighted by Gasteiger charge is -2.37. The van der Waals surface area contributed by atoms with Gasteiger partial charge < -0.3 is 10.2 Å². The Morgan fingerprint density at radius 2 is 1.70 bits per heavy atom. The molecule has 0 atom stereocenters. The molecule has 0 aromatic heterocycles. The Morgan fingerprint density at radius 1 is 1.00 bits per heavy atom. The van der Waals surface area contributed by atoms with E-state index in [1.165, 1.54) is 4.90 Å². The smallest absolute Gasteiger partial charge is 0.325 e. The lowest BCUT2D eigenvalue weighted by atomic mass is 9.87. The molecular formula is C24H27N3O3. The molecule has 1 N–H and O–H groups in total. The van der Waals surface area contributed by atoms with Crippen molar-refractivity contribution in [2.75, 3.05) is 13.1 Å². The van der Waals surface area contributed by atoms with Crippen LogP contribution in [0.3, 0.4) is 0 Å². The van der Waals surface area contributed by atoms with Gasteiger partial charge in [0.15, 0.2) is 0 Å². The van der Waals surface area contributed by atoms with Gasteiger partial charge in [0.2, 0.25) is 0 Å². The van der Waals surface area contributed by atoms with E-state index in [9.17, 15) is 14.4 Å². The van der Waals surface area contributed by atoms with E-state index in [2.05, 4.69) is 5.32 Å². The fraction of sp³-hybridized carbons (Fsp3) is 0.375. The number of amides is 4. The molecule has 0 unspecified atom stereocenters. The molecule has 4 rings (SSSR count). The first-order chi connectivity index (χ1) is 14.3. The summed E-state index contributed by atoms with van der Waals surface area (Å²) in [6, 6.07) is 13.2. The second-order valence-electron chi connectivity index (χ2n) is 8.50. The molecule has 2 aliphatic rings. The van der Waals surface area contributed by atoms with Gasteiger partial charge in [-0.05, 0) is 56.9 Å². The van der Waals surface area contributed by atoms with Gasteiger partial charge in [-0.25, -0.2) is 4.79 Å². The van der Waals surface area contributed by atoms with Gasteiger partial charge in [-0.3, -0.25) is 14.5 Å². The number of benzene rings is 2. The molecule has 2 saturated heterocycles. The molecular weight excluding hydrogens is 378 g/mol. The molecule has 156 valence electrons. The van der Waals surface area contributed by atoms with Gasteiger partial charge in [0, 0.05) is 18.7 Å². The SMILES string of the molecule is Cc1cccc(C(=O)N2CCC3(CC2)NC(=O)N(Cc2cc(C)ccc2C)C3=O)c1. The number of hydrogen-bond acceptors (Lipinski definition) is 3. The van der Waals surface area contributed by atoms with Crippen molar-refractivity contribution in [2.45, 2.75) is 45.7 Å². The van der Waals surface area contributed by atoms with Crippen molar-refractivity contribution in [1.82, 2.24) is 15.1 Å². The van der Waals surface area contributed by atoms with Crippen LogP contribution >= 0.6 is 0 Å². The maximum Gasteiger partial charge on any atom is 0.325 e. The van der Waals surface area contributed by atoms with E-state index in [1.54, 1.807) is 4.90 Å². The summed E-state index contributed by atoms with van der Waals surface area (Å²) in [6.45, 7) is 7.09. The lowest BCUT2D eigenvalue weighted by Crippen LogP contribution is -2.55. The third-order valence-corrected chi connectivity index (χ3v) is 6.25. The van der Waals surface area contributed by atoms with Crippen molar-refractivity contribution >= 4 is 17.8 Å². The topological polar surface area (TPSA) is 69.7 Å². The van der Waals surface area contributed by atoms with Crippen LogP contribution in [-0.4, -0.2) is 46.3 Å². The first kappa shape index (κ1) is 20.1. The number of nitrogens with one attached hydrogen (secondary N) is 1. The predicted molar refractivity (Wildman–Crippen MR) is 114 cm³/mol. The Morgan fingerprint density at radius 3 is 2.40 bits per heavy atom. The summed E-state index contributed by atoms with van der Waals surface area (Å²) in [4.78, 5) is 41.8. The minimum absolute atomic E-state index is 0.0300. The maximum absolute atomic E-state index is 13.2. The van der Waals surface area contributed by atoms with Gasteiger partial charge in [0.25, 0.3) is 11.8 Å². The van der Waals surface area contributed by atoms with Gasteiger partial charge in [-0.2, -0.15) is 0 Å². The van der Waals surface area contributed by atoms with Gasteiger partial charge >= 0.3 is 6.03 Å².